The highest BCUT2D eigenvalue weighted by Gasteiger charge is 2.62. The van der Waals surface area contributed by atoms with Gasteiger partial charge in [0, 0.05) is 52.8 Å². The molecular formula is C30H31N3O. The number of fused-ring (bicyclic) bond motifs is 8. The molecule has 2 fully saturated rings. The van der Waals surface area contributed by atoms with Gasteiger partial charge in [-0.1, -0.05) is 60.7 Å². The summed E-state index contributed by atoms with van der Waals surface area (Å²) in [5, 5.41) is 7.67. The zero-order valence-corrected chi connectivity index (χ0v) is 19.4. The van der Waals surface area contributed by atoms with Gasteiger partial charge < -0.3 is 15.5 Å². The Balaban J connectivity index is 1.57. The number of carbonyl (C=O) groups is 1. The number of benzene rings is 3. The van der Waals surface area contributed by atoms with Crippen molar-refractivity contribution < 1.29 is 4.79 Å². The third-order valence-electron chi connectivity index (χ3n) is 8.93. The van der Waals surface area contributed by atoms with Crippen molar-refractivity contribution in [1.82, 2.24) is 10.6 Å². The maximum Gasteiger partial charge on any atom is 0.167 e. The Labute approximate surface area is 201 Å². The lowest BCUT2D eigenvalue weighted by atomic mass is 9.49. The largest absolute Gasteiger partial charge is 0.338 e. The number of Topliss-reactive ketones (excluding diaryl/α,β-unsaturated/α-hetero) is 1. The van der Waals surface area contributed by atoms with Crippen LogP contribution in [0.15, 0.2) is 78.9 Å². The van der Waals surface area contributed by atoms with Gasteiger partial charge in [0.15, 0.2) is 5.78 Å². The van der Waals surface area contributed by atoms with Crippen LogP contribution in [-0.4, -0.2) is 37.5 Å². The summed E-state index contributed by atoms with van der Waals surface area (Å²) in [5.41, 5.74) is 5.86. The number of hydrogen-bond donors (Lipinski definition) is 2. The molecule has 2 saturated heterocycles. The zero-order valence-electron chi connectivity index (χ0n) is 19.4. The Morgan fingerprint density at radius 2 is 1.59 bits per heavy atom. The molecule has 4 heteroatoms. The second-order valence-electron chi connectivity index (χ2n) is 10.3. The minimum absolute atomic E-state index is 0.0301. The summed E-state index contributed by atoms with van der Waals surface area (Å²) in [5.74, 6) is 0.716. The van der Waals surface area contributed by atoms with Crippen LogP contribution in [0, 0.1) is 11.8 Å². The first-order chi connectivity index (χ1) is 16.8. The van der Waals surface area contributed by atoms with E-state index in [1.807, 2.05) is 6.07 Å². The minimum Gasteiger partial charge on any atom is -0.338 e. The number of nitrogens with zero attached hydrogens (tertiary/aromatic N) is 1. The van der Waals surface area contributed by atoms with E-state index in [1.54, 1.807) is 0 Å². The number of rotatable bonds is 1. The van der Waals surface area contributed by atoms with Crippen molar-refractivity contribution >= 4 is 17.2 Å². The number of nitrogens with one attached hydrogen (secondary N) is 2. The molecule has 4 aliphatic rings. The summed E-state index contributed by atoms with van der Waals surface area (Å²) in [4.78, 5) is 16.4. The van der Waals surface area contributed by atoms with Gasteiger partial charge in [-0.25, -0.2) is 0 Å². The van der Waals surface area contributed by atoms with Gasteiger partial charge in [0.2, 0.25) is 0 Å². The maximum atomic E-state index is 13.8. The van der Waals surface area contributed by atoms with Crippen molar-refractivity contribution in [3.8, 4) is 0 Å². The van der Waals surface area contributed by atoms with E-state index < -0.39 is 0 Å². The minimum atomic E-state index is -0.241. The second-order valence-corrected chi connectivity index (χ2v) is 10.3. The SMILES string of the molecule is O=C1c2ccccc2C2(c3ccccc3N(c3ccccc3)C3CCNCC32)C2NCCCC12. The van der Waals surface area contributed by atoms with E-state index in [0.29, 0.717) is 17.7 Å². The molecule has 5 unspecified atom stereocenters. The topological polar surface area (TPSA) is 44.4 Å². The van der Waals surface area contributed by atoms with Crippen molar-refractivity contribution in [3.05, 3.63) is 95.6 Å². The summed E-state index contributed by atoms with van der Waals surface area (Å²) < 4.78 is 0. The molecule has 0 amide bonds. The maximum absolute atomic E-state index is 13.8. The van der Waals surface area contributed by atoms with Crippen molar-refractivity contribution in [3.63, 3.8) is 0 Å². The van der Waals surface area contributed by atoms with E-state index >= 15 is 0 Å². The summed E-state index contributed by atoms with van der Waals surface area (Å²) in [6, 6.07) is 28.9. The van der Waals surface area contributed by atoms with Crippen LogP contribution in [0.3, 0.4) is 0 Å². The average molecular weight is 450 g/mol. The molecule has 0 radical (unpaired) electrons. The van der Waals surface area contributed by atoms with Gasteiger partial charge in [0.25, 0.3) is 0 Å². The molecule has 3 aromatic rings. The first kappa shape index (κ1) is 20.4. The van der Waals surface area contributed by atoms with Gasteiger partial charge in [-0.15, -0.1) is 0 Å². The van der Waals surface area contributed by atoms with Crippen LogP contribution in [0.5, 0.6) is 0 Å². The van der Waals surface area contributed by atoms with Gasteiger partial charge in [0.1, 0.15) is 0 Å². The van der Waals surface area contributed by atoms with Crippen LogP contribution in [0.1, 0.15) is 40.7 Å². The fourth-order valence-electron chi connectivity index (χ4n) is 7.77. The Morgan fingerprint density at radius 1 is 0.824 bits per heavy atom. The predicted molar refractivity (Wildman–Crippen MR) is 136 cm³/mol. The summed E-state index contributed by atoms with van der Waals surface area (Å²) in [6.45, 7) is 2.95. The van der Waals surface area contributed by atoms with Crippen molar-refractivity contribution in [1.29, 1.82) is 0 Å². The van der Waals surface area contributed by atoms with E-state index in [9.17, 15) is 4.79 Å². The van der Waals surface area contributed by atoms with E-state index in [-0.39, 0.29) is 17.4 Å². The molecule has 3 heterocycles. The standard InChI is InChI=1S/C30H31N3O/c34-28-21-11-4-5-13-23(21)30(29-22(28)12-8-17-32-29)24-14-6-7-15-26(24)33(20-9-2-1-3-10-20)27-16-18-31-19-25(27)30/h1-7,9-11,13-15,22,25,27,29,31-32H,8,12,16-19H2. The van der Waals surface area contributed by atoms with E-state index in [4.69, 9.17) is 0 Å². The normalized spacial score (nSPS) is 31.9. The van der Waals surface area contributed by atoms with Gasteiger partial charge in [-0.2, -0.15) is 0 Å². The van der Waals surface area contributed by atoms with Gasteiger partial charge in [-0.05, 0) is 61.7 Å². The average Bonchev–Trinajstić information content (AvgIpc) is 2.91. The molecule has 172 valence electrons. The summed E-state index contributed by atoms with van der Waals surface area (Å²) in [7, 11) is 0. The number of piperidine rings is 2. The number of anilines is 2. The zero-order chi connectivity index (χ0) is 22.7. The van der Waals surface area contributed by atoms with Crippen molar-refractivity contribution in [2.75, 3.05) is 24.5 Å². The summed E-state index contributed by atoms with van der Waals surface area (Å²) in [6.07, 6.45) is 3.13. The molecule has 1 aliphatic carbocycles. The lowest BCUT2D eigenvalue weighted by Gasteiger charge is -2.62. The summed E-state index contributed by atoms with van der Waals surface area (Å²) >= 11 is 0. The molecule has 34 heavy (non-hydrogen) atoms. The highest BCUT2D eigenvalue weighted by atomic mass is 16.1. The number of carbonyl (C=O) groups excluding carboxylic acids is 1. The molecule has 4 nitrogen and oxygen atoms in total. The highest BCUT2D eigenvalue weighted by molar-refractivity contribution is 6.02. The molecule has 1 spiro atoms. The highest BCUT2D eigenvalue weighted by Crippen LogP contribution is 2.59. The van der Waals surface area contributed by atoms with E-state index in [2.05, 4.69) is 88.3 Å². The number of hydrogen-bond acceptors (Lipinski definition) is 4. The molecule has 2 N–H and O–H groups in total. The first-order valence-corrected chi connectivity index (χ1v) is 12.8. The predicted octanol–water partition coefficient (Wildman–Crippen LogP) is 4.67. The van der Waals surface area contributed by atoms with Crippen LogP contribution in [0.4, 0.5) is 11.4 Å². The van der Waals surface area contributed by atoms with E-state index in [1.165, 1.54) is 22.5 Å². The Hall–Kier alpha value is -2.95. The monoisotopic (exact) mass is 449 g/mol. The van der Waals surface area contributed by atoms with Gasteiger partial charge >= 0.3 is 0 Å². The fourth-order valence-corrected chi connectivity index (χ4v) is 7.77. The Bertz CT molecular complexity index is 1240. The number of para-hydroxylation sites is 2. The third kappa shape index (κ3) is 2.64. The quantitative estimate of drug-likeness (QED) is 0.567. The second kappa shape index (κ2) is 7.79. The molecule has 0 saturated carbocycles. The van der Waals surface area contributed by atoms with Crippen molar-refractivity contribution in [2.24, 2.45) is 11.8 Å². The molecule has 0 aromatic heterocycles. The smallest absolute Gasteiger partial charge is 0.167 e. The van der Waals surface area contributed by atoms with Crippen LogP contribution >= 0.6 is 0 Å². The lowest BCUT2D eigenvalue weighted by Crippen LogP contribution is -2.70. The van der Waals surface area contributed by atoms with Crippen LogP contribution in [0.2, 0.25) is 0 Å². The molecule has 3 aliphatic heterocycles. The molecule has 0 bridgehead atoms. The van der Waals surface area contributed by atoms with E-state index in [0.717, 1.165) is 44.5 Å². The Kier molecular flexibility index (Phi) is 4.68. The van der Waals surface area contributed by atoms with Crippen LogP contribution in [-0.2, 0) is 5.41 Å². The van der Waals surface area contributed by atoms with Gasteiger partial charge in [-0.3, -0.25) is 4.79 Å². The molecule has 7 rings (SSSR count). The van der Waals surface area contributed by atoms with Crippen LogP contribution in [0.25, 0.3) is 0 Å². The van der Waals surface area contributed by atoms with Gasteiger partial charge in [0.05, 0.1) is 0 Å². The molecule has 3 aromatic carbocycles. The van der Waals surface area contributed by atoms with Crippen molar-refractivity contribution in [2.45, 2.75) is 36.8 Å². The first-order valence-electron chi connectivity index (χ1n) is 12.8. The molecule has 5 atom stereocenters. The fraction of sp³-hybridized carbons (Fsp3) is 0.367. The lowest BCUT2D eigenvalue weighted by molar-refractivity contribution is 0.0643. The number of ketones is 1. The molecular weight excluding hydrogens is 418 g/mol. The van der Waals surface area contributed by atoms with Crippen LogP contribution < -0.4 is 15.5 Å². The Morgan fingerprint density at radius 3 is 2.47 bits per heavy atom. The third-order valence-corrected chi connectivity index (χ3v) is 8.93.